The number of nitrogens with one attached hydrogen (secondary N) is 1. The molecule has 0 aromatic heterocycles. The molecule has 0 aliphatic heterocycles. The van der Waals surface area contributed by atoms with E-state index in [1.165, 1.54) is 0 Å². The standard InChI is InChI=1S/C18H29ClN2O/c1-13(2)11-21(12-14(3)4)17(22)20-18(5,6)15-9-7-8-10-16(15)19/h7-10,13-14H,11-12H2,1-6H3,(H,20,22). The van der Waals surface area contributed by atoms with E-state index >= 15 is 0 Å². The van der Waals surface area contributed by atoms with Crippen molar-refractivity contribution in [3.63, 3.8) is 0 Å². The van der Waals surface area contributed by atoms with E-state index in [2.05, 4.69) is 33.0 Å². The van der Waals surface area contributed by atoms with Crippen molar-refractivity contribution in [2.75, 3.05) is 13.1 Å². The minimum Gasteiger partial charge on any atom is -0.329 e. The van der Waals surface area contributed by atoms with E-state index in [0.717, 1.165) is 18.7 Å². The molecule has 0 radical (unpaired) electrons. The molecule has 0 unspecified atom stereocenters. The summed E-state index contributed by atoms with van der Waals surface area (Å²) in [6, 6.07) is 7.61. The minimum atomic E-state index is -0.512. The van der Waals surface area contributed by atoms with Crippen LogP contribution in [0.1, 0.15) is 47.1 Å². The first-order valence-corrected chi connectivity index (χ1v) is 8.33. The van der Waals surface area contributed by atoms with Crippen LogP contribution in [0.4, 0.5) is 4.79 Å². The van der Waals surface area contributed by atoms with Gasteiger partial charge >= 0.3 is 6.03 Å². The highest BCUT2D eigenvalue weighted by molar-refractivity contribution is 6.31. The molecule has 0 bridgehead atoms. The Hall–Kier alpha value is -1.22. The maximum atomic E-state index is 12.7. The molecule has 0 spiro atoms. The van der Waals surface area contributed by atoms with Crippen LogP contribution in [-0.2, 0) is 5.54 Å². The molecule has 1 aromatic rings. The van der Waals surface area contributed by atoms with Gasteiger partial charge in [0.15, 0.2) is 0 Å². The van der Waals surface area contributed by atoms with Gasteiger partial charge in [-0.3, -0.25) is 0 Å². The van der Waals surface area contributed by atoms with Crippen molar-refractivity contribution in [3.05, 3.63) is 34.9 Å². The van der Waals surface area contributed by atoms with Gasteiger partial charge in [-0.2, -0.15) is 0 Å². The molecular formula is C18H29ClN2O. The first-order chi connectivity index (χ1) is 10.1. The van der Waals surface area contributed by atoms with E-state index in [4.69, 9.17) is 11.6 Å². The van der Waals surface area contributed by atoms with Gasteiger partial charge in [0, 0.05) is 18.1 Å². The zero-order valence-corrected chi connectivity index (χ0v) is 15.4. The summed E-state index contributed by atoms with van der Waals surface area (Å²) in [7, 11) is 0. The number of amides is 2. The van der Waals surface area contributed by atoms with Crippen LogP contribution in [0.25, 0.3) is 0 Å². The first kappa shape index (κ1) is 18.8. The van der Waals surface area contributed by atoms with Crippen LogP contribution in [0.15, 0.2) is 24.3 Å². The Kier molecular flexibility index (Phi) is 6.73. The third kappa shape index (κ3) is 5.53. The van der Waals surface area contributed by atoms with E-state index < -0.39 is 5.54 Å². The number of rotatable bonds is 6. The Morgan fingerprint density at radius 3 is 2.09 bits per heavy atom. The van der Waals surface area contributed by atoms with Crippen LogP contribution in [-0.4, -0.2) is 24.0 Å². The molecule has 22 heavy (non-hydrogen) atoms. The molecule has 0 heterocycles. The minimum absolute atomic E-state index is 0.0349. The molecule has 0 aliphatic rings. The summed E-state index contributed by atoms with van der Waals surface area (Å²) in [5.74, 6) is 0.876. The summed E-state index contributed by atoms with van der Waals surface area (Å²) < 4.78 is 0. The van der Waals surface area contributed by atoms with E-state index in [0.29, 0.717) is 16.9 Å². The monoisotopic (exact) mass is 324 g/mol. The molecule has 4 heteroatoms. The van der Waals surface area contributed by atoms with Gasteiger partial charge in [0.25, 0.3) is 0 Å². The van der Waals surface area contributed by atoms with E-state index in [1.54, 1.807) is 0 Å². The van der Waals surface area contributed by atoms with Gasteiger partial charge in [-0.15, -0.1) is 0 Å². The summed E-state index contributed by atoms with van der Waals surface area (Å²) in [5, 5.41) is 3.80. The van der Waals surface area contributed by atoms with Crippen molar-refractivity contribution in [2.45, 2.75) is 47.1 Å². The van der Waals surface area contributed by atoms with Gasteiger partial charge in [-0.05, 0) is 37.3 Å². The summed E-state index contributed by atoms with van der Waals surface area (Å²) in [6.07, 6.45) is 0. The highest BCUT2D eigenvalue weighted by Crippen LogP contribution is 2.27. The molecule has 1 rings (SSSR count). The predicted molar refractivity (Wildman–Crippen MR) is 94.3 cm³/mol. The van der Waals surface area contributed by atoms with Crippen molar-refractivity contribution in [1.82, 2.24) is 10.2 Å². The fourth-order valence-corrected chi connectivity index (χ4v) is 2.88. The van der Waals surface area contributed by atoms with Crippen molar-refractivity contribution in [1.29, 1.82) is 0 Å². The molecule has 124 valence electrons. The number of carbonyl (C=O) groups is 1. The molecular weight excluding hydrogens is 296 g/mol. The van der Waals surface area contributed by atoms with Crippen LogP contribution in [0.2, 0.25) is 5.02 Å². The van der Waals surface area contributed by atoms with Gasteiger partial charge in [0.1, 0.15) is 0 Å². The zero-order valence-electron chi connectivity index (χ0n) is 14.6. The van der Waals surface area contributed by atoms with E-state index in [9.17, 15) is 4.79 Å². The highest BCUT2D eigenvalue weighted by Gasteiger charge is 2.27. The summed E-state index contributed by atoms with van der Waals surface area (Å²) in [4.78, 5) is 14.6. The molecule has 0 atom stereocenters. The number of benzene rings is 1. The largest absolute Gasteiger partial charge is 0.329 e. The van der Waals surface area contributed by atoms with E-state index in [1.807, 2.05) is 43.0 Å². The van der Waals surface area contributed by atoms with Gasteiger partial charge in [-0.25, -0.2) is 4.79 Å². The molecule has 0 saturated carbocycles. The number of urea groups is 1. The molecule has 3 nitrogen and oxygen atoms in total. The van der Waals surface area contributed by atoms with Gasteiger partial charge in [0.05, 0.1) is 5.54 Å². The average molecular weight is 325 g/mol. The molecule has 0 saturated heterocycles. The Morgan fingerprint density at radius 1 is 1.14 bits per heavy atom. The maximum absolute atomic E-state index is 12.7. The summed E-state index contributed by atoms with van der Waals surface area (Å²) >= 11 is 6.28. The third-order valence-electron chi connectivity index (χ3n) is 3.42. The normalized spacial score (nSPS) is 11.9. The highest BCUT2D eigenvalue weighted by atomic mass is 35.5. The van der Waals surface area contributed by atoms with Crippen molar-refractivity contribution >= 4 is 17.6 Å². The molecule has 0 aliphatic carbocycles. The van der Waals surface area contributed by atoms with Crippen molar-refractivity contribution in [2.24, 2.45) is 11.8 Å². The first-order valence-electron chi connectivity index (χ1n) is 7.95. The topological polar surface area (TPSA) is 32.3 Å². The summed E-state index contributed by atoms with van der Waals surface area (Å²) in [5.41, 5.74) is 0.417. The lowest BCUT2D eigenvalue weighted by Gasteiger charge is -2.33. The molecule has 2 amide bonds. The second-order valence-electron chi connectivity index (χ2n) is 7.23. The average Bonchev–Trinajstić information content (AvgIpc) is 2.36. The fraction of sp³-hybridized carbons (Fsp3) is 0.611. The van der Waals surface area contributed by atoms with Crippen LogP contribution in [0, 0.1) is 11.8 Å². The molecule has 1 aromatic carbocycles. The zero-order chi connectivity index (χ0) is 16.9. The smallest absolute Gasteiger partial charge is 0.318 e. The predicted octanol–water partition coefficient (Wildman–Crippen LogP) is 4.90. The second-order valence-corrected chi connectivity index (χ2v) is 7.63. The lowest BCUT2D eigenvalue weighted by Crippen LogP contribution is -2.50. The van der Waals surface area contributed by atoms with Gasteiger partial charge in [-0.1, -0.05) is 57.5 Å². The quantitative estimate of drug-likeness (QED) is 0.793. The van der Waals surface area contributed by atoms with Crippen LogP contribution < -0.4 is 5.32 Å². The SMILES string of the molecule is CC(C)CN(CC(C)C)C(=O)NC(C)(C)c1ccccc1Cl. The third-order valence-corrected chi connectivity index (χ3v) is 3.75. The lowest BCUT2D eigenvalue weighted by molar-refractivity contribution is 0.173. The number of halogens is 1. The second kappa shape index (κ2) is 7.87. The number of carbonyl (C=O) groups excluding carboxylic acids is 1. The Bertz CT molecular complexity index is 488. The van der Waals surface area contributed by atoms with Crippen LogP contribution in [0.3, 0.4) is 0 Å². The van der Waals surface area contributed by atoms with Crippen LogP contribution >= 0.6 is 11.6 Å². The number of hydrogen-bond acceptors (Lipinski definition) is 1. The van der Waals surface area contributed by atoms with Crippen molar-refractivity contribution < 1.29 is 4.79 Å². The van der Waals surface area contributed by atoms with Crippen molar-refractivity contribution in [3.8, 4) is 0 Å². The maximum Gasteiger partial charge on any atom is 0.318 e. The molecule has 0 fully saturated rings. The Balaban J connectivity index is 2.89. The van der Waals surface area contributed by atoms with E-state index in [-0.39, 0.29) is 6.03 Å². The fourth-order valence-electron chi connectivity index (χ4n) is 2.50. The number of hydrogen-bond donors (Lipinski definition) is 1. The Labute approximate surface area is 140 Å². The summed E-state index contributed by atoms with van der Waals surface area (Å²) in [6.45, 7) is 14.0. The lowest BCUT2D eigenvalue weighted by atomic mass is 9.94. The van der Waals surface area contributed by atoms with Gasteiger partial charge in [0.2, 0.25) is 0 Å². The molecule has 1 N–H and O–H groups in total. The van der Waals surface area contributed by atoms with Crippen LogP contribution in [0.5, 0.6) is 0 Å². The number of nitrogens with zero attached hydrogens (tertiary/aromatic N) is 1. The Morgan fingerprint density at radius 2 is 1.64 bits per heavy atom. The van der Waals surface area contributed by atoms with Gasteiger partial charge < -0.3 is 10.2 Å².